The predicted octanol–water partition coefficient (Wildman–Crippen LogP) is 1.81. The summed E-state index contributed by atoms with van der Waals surface area (Å²) < 4.78 is 53.8. The zero-order chi connectivity index (χ0) is 15.6. The van der Waals surface area contributed by atoms with Crippen molar-refractivity contribution >= 4 is 5.91 Å². The van der Waals surface area contributed by atoms with Gasteiger partial charge in [0, 0.05) is 5.56 Å². The number of halogens is 4. The molecule has 0 fully saturated rings. The van der Waals surface area contributed by atoms with Gasteiger partial charge in [0.2, 0.25) is 0 Å². The summed E-state index contributed by atoms with van der Waals surface area (Å²) in [7, 11) is 0. The van der Waals surface area contributed by atoms with Gasteiger partial charge in [0.25, 0.3) is 5.91 Å². The summed E-state index contributed by atoms with van der Waals surface area (Å²) in [6.07, 6.45) is -8.61. The van der Waals surface area contributed by atoms with Crippen molar-refractivity contribution in [3.8, 4) is 17.0 Å². The van der Waals surface area contributed by atoms with Crippen molar-refractivity contribution in [1.82, 2.24) is 15.4 Å². The molecule has 0 aliphatic heterocycles. The van der Waals surface area contributed by atoms with Gasteiger partial charge in [-0.05, 0) is 12.1 Å². The normalized spacial score (nSPS) is 11.7. The van der Waals surface area contributed by atoms with Gasteiger partial charge in [-0.15, -0.1) is 0 Å². The minimum atomic E-state index is -4.63. The largest absolute Gasteiger partial charge is 0.461 e. The molecule has 6 nitrogen and oxygen atoms in total. The first-order valence-corrected chi connectivity index (χ1v) is 5.47. The van der Waals surface area contributed by atoms with Crippen LogP contribution in [0.2, 0.25) is 0 Å². The maximum atomic E-state index is 12.8. The lowest BCUT2D eigenvalue weighted by atomic mass is 10.1. The molecule has 0 spiro atoms. The number of hydrogen-bond donors (Lipinski definition) is 2. The smallest absolute Gasteiger partial charge is 0.428 e. The van der Waals surface area contributed by atoms with Crippen molar-refractivity contribution in [1.29, 1.82) is 0 Å². The number of nitrogens with zero attached hydrogens (tertiary/aromatic N) is 2. The van der Waals surface area contributed by atoms with Gasteiger partial charge in [0.15, 0.2) is 5.69 Å². The van der Waals surface area contributed by atoms with E-state index in [0.717, 1.165) is 12.1 Å². The number of aromatic amines is 1. The molecule has 1 heterocycles. The number of carbonyl (C=O) groups is 1. The molecule has 0 bridgehead atoms. The average Bonchev–Trinajstić information content (AvgIpc) is 2.87. The number of rotatable bonds is 5. The lowest BCUT2D eigenvalue weighted by Gasteiger charge is -2.17. The second-order valence-electron chi connectivity index (χ2n) is 3.88. The third-order valence-corrected chi connectivity index (χ3v) is 2.40. The van der Waals surface area contributed by atoms with Crippen molar-refractivity contribution < 1.29 is 27.1 Å². The molecule has 0 saturated carbocycles. The number of nitrogens with one attached hydrogen (secondary N) is 1. The second kappa shape index (κ2) is 5.38. The van der Waals surface area contributed by atoms with E-state index in [1.807, 2.05) is 0 Å². The van der Waals surface area contributed by atoms with E-state index in [1.54, 1.807) is 0 Å². The van der Waals surface area contributed by atoms with Crippen LogP contribution in [0.3, 0.4) is 0 Å². The van der Waals surface area contributed by atoms with Crippen LogP contribution >= 0.6 is 0 Å². The van der Waals surface area contributed by atoms with Crippen molar-refractivity contribution in [2.45, 2.75) is 12.5 Å². The van der Waals surface area contributed by atoms with Crippen LogP contribution in [0.1, 0.15) is 10.5 Å². The molecule has 1 amide bonds. The quantitative estimate of drug-likeness (QED) is 0.824. The third kappa shape index (κ3) is 3.09. The van der Waals surface area contributed by atoms with Gasteiger partial charge in [0.1, 0.15) is 11.4 Å². The minimum Gasteiger partial charge on any atom is -0.428 e. The molecule has 0 radical (unpaired) electrons. The van der Waals surface area contributed by atoms with Crippen molar-refractivity contribution in [2.24, 2.45) is 5.73 Å². The highest BCUT2D eigenvalue weighted by molar-refractivity contribution is 5.96. The fourth-order valence-electron chi connectivity index (χ4n) is 1.51. The van der Waals surface area contributed by atoms with Crippen LogP contribution in [-0.4, -0.2) is 33.9 Å². The molecule has 3 N–H and O–H groups in total. The summed E-state index contributed by atoms with van der Waals surface area (Å²) in [6.45, 7) is 0. The van der Waals surface area contributed by atoms with Gasteiger partial charge in [-0.2, -0.15) is 33.0 Å². The second-order valence-corrected chi connectivity index (χ2v) is 3.88. The first-order chi connectivity index (χ1) is 9.81. The molecule has 10 heteroatoms. The summed E-state index contributed by atoms with van der Waals surface area (Å²) in [5.74, 6) is -1.40. The molecule has 1 aromatic carbocycles. The Labute approximate surface area is 114 Å². The van der Waals surface area contributed by atoms with Crippen LogP contribution in [0.15, 0.2) is 24.3 Å². The Kier molecular flexibility index (Phi) is 3.78. The molecule has 0 unspecified atom stereocenters. The van der Waals surface area contributed by atoms with Crippen molar-refractivity contribution in [3.63, 3.8) is 0 Å². The number of carbonyl (C=O) groups excluding carboxylic acids is 1. The van der Waals surface area contributed by atoms with E-state index in [0.29, 0.717) is 0 Å². The number of alkyl halides is 4. The van der Waals surface area contributed by atoms with E-state index in [4.69, 9.17) is 5.73 Å². The number of hydrogen-bond acceptors (Lipinski definition) is 4. The first-order valence-electron chi connectivity index (χ1n) is 5.47. The Hall–Kier alpha value is -2.65. The Morgan fingerprint density at radius 3 is 2.67 bits per heavy atom. The van der Waals surface area contributed by atoms with Crippen LogP contribution < -0.4 is 10.5 Å². The maximum Gasteiger partial charge on any atom is 0.461 e. The van der Waals surface area contributed by atoms with Crippen LogP contribution in [0, 0.1) is 0 Å². The van der Waals surface area contributed by atoms with Gasteiger partial charge in [-0.1, -0.05) is 12.1 Å². The van der Waals surface area contributed by atoms with Gasteiger partial charge < -0.3 is 10.5 Å². The van der Waals surface area contributed by atoms with Crippen LogP contribution in [-0.2, 0) is 0 Å². The zero-order valence-electron chi connectivity index (χ0n) is 10.2. The number of nitrogens with two attached hydrogens (primary N) is 1. The SMILES string of the molecule is NC(=O)c1n[nH]nc1-c1cccc(OC(F)(F)C(F)F)c1. The molecule has 21 heavy (non-hydrogen) atoms. The van der Waals surface area contributed by atoms with Crippen LogP contribution in [0.25, 0.3) is 11.3 Å². The van der Waals surface area contributed by atoms with E-state index in [1.165, 1.54) is 12.1 Å². The Morgan fingerprint density at radius 2 is 2.05 bits per heavy atom. The van der Waals surface area contributed by atoms with E-state index in [-0.39, 0.29) is 17.0 Å². The number of amides is 1. The van der Waals surface area contributed by atoms with E-state index < -0.39 is 24.2 Å². The van der Waals surface area contributed by atoms with Gasteiger partial charge in [-0.3, -0.25) is 4.79 Å². The molecular weight excluding hydrogens is 296 g/mol. The van der Waals surface area contributed by atoms with Crippen LogP contribution in [0.5, 0.6) is 5.75 Å². The molecule has 2 rings (SSSR count). The summed E-state index contributed by atoms with van der Waals surface area (Å²) in [5, 5.41) is 9.31. The first kappa shape index (κ1) is 14.8. The number of primary amides is 1. The van der Waals surface area contributed by atoms with Gasteiger partial charge in [-0.25, -0.2) is 0 Å². The van der Waals surface area contributed by atoms with Crippen molar-refractivity contribution in [2.75, 3.05) is 0 Å². The zero-order valence-corrected chi connectivity index (χ0v) is 10.2. The van der Waals surface area contributed by atoms with E-state index in [9.17, 15) is 22.4 Å². The highest BCUT2D eigenvalue weighted by Crippen LogP contribution is 2.30. The Balaban J connectivity index is 2.34. The van der Waals surface area contributed by atoms with Crippen molar-refractivity contribution in [3.05, 3.63) is 30.0 Å². The number of aromatic nitrogens is 3. The molecule has 0 atom stereocenters. The summed E-state index contributed by atoms with van der Waals surface area (Å²) in [4.78, 5) is 11.1. The molecule has 112 valence electrons. The lowest BCUT2D eigenvalue weighted by molar-refractivity contribution is -0.253. The average molecular weight is 304 g/mol. The highest BCUT2D eigenvalue weighted by Gasteiger charge is 2.44. The fraction of sp³-hybridized carbons (Fsp3) is 0.182. The maximum absolute atomic E-state index is 12.8. The summed E-state index contributed by atoms with van der Waals surface area (Å²) in [6, 6.07) is 4.74. The third-order valence-electron chi connectivity index (χ3n) is 2.40. The number of ether oxygens (including phenoxy) is 1. The topological polar surface area (TPSA) is 93.9 Å². The Morgan fingerprint density at radius 1 is 1.33 bits per heavy atom. The molecule has 0 aliphatic carbocycles. The standard InChI is InChI=1S/C11H8F4N4O2/c12-10(13)11(14,15)21-6-3-1-2-5(4-6)7-8(9(16)20)18-19-17-7/h1-4,10H,(H2,16,20)(H,17,18,19). The molecule has 1 aromatic heterocycles. The lowest BCUT2D eigenvalue weighted by Crippen LogP contribution is -2.33. The molecule has 0 aliphatic rings. The molecule has 0 saturated heterocycles. The Bertz CT molecular complexity index is 659. The minimum absolute atomic E-state index is 0.00619. The van der Waals surface area contributed by atoms with Crippen LogP contribution in [0.4, 0.5) is 17.6 Å². The highest BCUT2D eigenvalue weighted by atomic mass is 19.3. The van der Waals surface area contributed by atoms with Gasteiger partial charge in [0.05, 0.1) is 0 Å². The van der Waals surface area contributed by atoms with E-state index >= 15 is 0 Å². The molecular formula is C11H8F4N4O2. The molecule has 2 aromatic rings. The fourth-order valence-corrected chi connectivity index (χ4v) is 1.51. The number of benzene rings is 1. The number of H-pyrrole nitrogens is 1. The monoisotopic (exact) mass is 304 g/mol. The summed E-state index contributed by atoms with van der Waals surface area (Å²) >= 11 is 0. The predicted molar refractivity (Wildman–Crippen MR) is 61.9 cm³/mol. The van der Waals surface area contributed by atoms with E-state index in [2.05, 4.69) is 20.1 Å². The summed E-state index contributed by atoms with van der Waals surface area (Å²) in [5.41, 5.74) is 5.00. The van der Waals surface area contributed by atoms with Gasteiger partial charge >= 0.3 is 12.5 Å².